The number of nitrogens with one attached hydrogen (secondary N) is 1. The van der Waals surface area contributed by atoms with Crippen molar-refractivity contribution in [2.75, 3.05) is 5.32 Å². The van der Waals surface area contributed by atoms with Crippen LogP contribution in [0.4, 0.5) is 13.9 Å². The van der Waals surface area contributed by atoms with Crippen LogP contribution in [0, 0.1) is 11.6 Å². The van der Waals surface area contributed by atoms with E-state index in [-0.39, 0.29) is 23.5 Å². The van der Waals surface area contributed by atoms with Gasteiger partial charge in [0.05, 0.1) is 12.2 Å². The van der Waals surface area contributed by atoms with Gasteiger partial charge in [-0.05, 0) is 29.8 Å². The average molecular weight is 424 g/mol. The highest BCUT2D eigenvalue weighted by Crippen LogP contribution is 2.24. The normalized spacial score (nSPS) is 10.7. The summed E-state index contributed by atoms with van der Waals surface area (Å²) in [5.74, 6) is -1.27. The van der Waals surface area contributed by atoms with Crippen molar-refractivity contribution in [1.29, 1.82) is 0 Å². The monoisotopic (exact) mass is 424 g/mol. The van der Waals surface area contributed by atoms with Crippen LogP contribution in [0.3, 0.4) is 0 Å². The highest BCUT2D eigenvalue weighted by Gasteiger charge is 2.12. The number of thiazole rings is 1. The second kappa shape index (κ2) is 8.34. The van der Waals surface area contributed by atoms with E-state index in [1.807, 2.05) is 0 Å². The van der Waals surface area contributed by atoms with Gasteiger partial charge >= 0.3 is 0 Å². The lowest BCUT2D eigenvalue weighted by molar-refractivity contribution is 0.102. The maximum atomic E-state index is 13.3. The van der Waals surface area contributed by atoms with Crippen LogP contribution >= 0.6 is 11.3 Å². The Labute approximate surface area is 173 Å². The minimum absolute atomic E-state index is 0.177. The largest absolute Gasteiger partial charge is 0.311 e. The molecule has 1 amide bonds. The molecule has 0 saturated heterocycles. The van der Waals surface area contributed by atoms with Crippen LogP contribution in [-0.2, 0) is 6.54 Å². The van der Waals surface area contributed by atoms with E-state index in [0.29, 0.717) is 16.5 Å². The van der Waals surface area contributed by atoms with Crippen molar-refractivity contribution >= 4 is 22.4 Å². The summed E-state index contributed by atoms with van der Waals surface area (Å²) in [6.07, 6.45) is 2.84. The van der Waals surface area contributed by atoms with Crippen LogP contribution in [0.1, 0.15) is 15.9 Å². The Bertz CT molecular complexity index is 1270. The number of pyridine rings is 2. The van der Waals surface area contributed by atoms with Gasteiger partial charge < -0.3 is 4.57 Å². The third-order valence-electron chi connectivity index (χ3n) is 4.23. The first-order valence-electron chi connectivity index (χ1n) is 8.82. The fraction of sp³-hybridized carbons (Fsp3) is 0.0476. The van der Waals surface area contributed by atoms with Gasteiger partial charge in [-0.1, -0.05) is 12.1 Å². The van der Waals surface area contributed by atoms with Gasteiger partial charge in [-0.2, -0.15) is 0 Å². The van der Waals surface area contributed by atoms with Crippen molar-refractivity contribution in [3.63, 3.8) is 0 Å². The van der Waals surface area contributed by atoms with Crippen LogP contribution in [-0.4, -0.2) is 20.4 Å². The van der Waals surface area contributed by atoms with Gasteiger partial charge in [-0.3, -0.25) is 19.9 Å². The summed E-state index contributed by atoms with van der Waals surface area (Å²) in [6.45, 7) is 0.261. The van der Waals surface area contributed by atoms with Gasteiger partial charge in [0, 0.05) is 35.5 Å². The van der Waals surface area contributed by atoms with Gasteiger partial charge in [0.15, 0.2) is 5.13 Å². The molecule has 0 unspecified atom stereocenters. The van der Waals surface area contributed by atoms with E-state index in [4.69, 9.17) is 0 Å². The van der Waals surface area contributed by atoms with E-state index in [1.54, 1.807) is 17.5 Å². The molecule has 30 heavy (non-hydrogen) atoms. The zero-order chi connectivity index (χ0) is 21.1. The number of nitrogens with zero attached hydrogens (tertiary/aromatic N) is 3. The molecule has 0 fully saturated rings. The summed E-state index contributed by atoms with van der Waals surface area (Å²) in [5.41, 5.74) is 1.36. The number of benzene rings is 1. The molecule has 4 aromatic rings. The molecular weight excluding hydrogens is 410 g/mol. The molecule has 0 saturated carbocycles. The zero-order valence-corrected chi connectivity index (χ0v) is 16.2. The first kappa shape index (κ1) is 19.6. The Morgan fingerprint density at radius 1 is 1.03 bits per heavy atom. The molecule has 3 aromatic heterocycles. The first-order valence-corrected chi connectivity index (χ1v) is 9.70. The lowest BCUT2D eigenvalue weighted by atomic mass is 10.2. The number of anilines is 1. The second-order valence-corrected chi connectivity index (χ2v) is 7.22. The smallest absolute Gasteiger partial charge is 0.257 e. The maximum Gasteiger partial charge on any atom is 0.257 e. The van der Waals surface area contributed by atoms with Crippen LogP contribution in [0.25, 0.3) is 11.4 Å². The molecule has 0 aliphatic rings. The van der Waals surface area contributed by atoms with E-state index in [2.05, 4.69) is 15.3 Å². The lowest BCUT2D eigenvalue weighted by Crippen LogP contribution is -2.22. The third kappa shape index (κ3) is 4.47. The quantitative estimate of drug-likeness (QED) is 0.526. The maximum absolute atomic E-state index is 13.3. The number of carbonyl (C=O) groups is 1. The minimum atomic E-state index is -0.492. The van der Waals surface area contributed by atoms with Gasteiger partial charge in [-0.25, -0.2) is 13.8 Å². The Hall–Kier alpha value is -3.72. The minimum Gasteiger partial charge on any atom is -0.311 e. The van der Waals surface area contributed by atoms with Crippen molar-refractivity contribution in [3.8, 4) is 11.4 Å². The molecule has 4 rings (SSSR count). The van der Waals surface area contributed by atoms with E-state index in [0.717, 1.165) is 16.9 Å². The van der Waals surface area contributed by atoms with E-state index in [1.165, 1.54) is 53.4 Å². The van der Waals surface area contributed by atoms with Crippen molar-refractivity contribution in [3.05, 3.63) is 99.4 Å². The van der Waals surface area contributed by atoms with Crippen molar-refractivity contribution in [1.82, 2.24) is 14.5 Å². The number of aromatic nitrogens is 3. The van der Waals surface area contributed by atoms with Gasteiger partial charge in [0.25, 0.3) is 11.5 Å². The number of amides is 1. The Morgan fingerprint density at radius 2 is 1.83 bits per heavy atom. The summed E-state index contributed by atoms with van der Waals surface area (Å²) in [7, 11) is 0. The zero-order valence-electron chi connectivity index (χ0n) is 15.4. The highest BCUT2D eigenvalue weighted by molar-refractivity contribution is 7.14. The fourth-order valence-corrected chi connectivity index (χ4v) is 3.43. The Morgan fingerprint density at radius 3 is 2.57 bits per heavy atom. The number of carbonyl (C=O) groups excluding carboxylic acids is 1. The number of halogens is 2. The summed E-state index contributed by atoms with van der Waals surface area (Å²) in [6, 6.07) is 11.1. The highest BCUT2D eigenvalue weighted by atomic mass is 32.1. The standard InChI is InChI=1S/C21H14F2N4O2S/c22-15-3-1-13(2-4-15)11-27-8-6-14(9-19(27)28)20(29)26-21-25-18(12-30-21)17-10-16(23)5-7-24-17/h1-10,12H,11H2,(H,25,26,29). The van der Waals surface area contributed by atoms with Crippen molar-refractivity contribution in [2.24, 2.45) is 0 Å². The van der Waals surface area contributed by atoms with Gasteiger partial charge in [0.2, 0.25) is 0 Å². The molecule has 0 radical (unpaired) electrons. The number of hydrogen-bond donors (Lipinski definition) is 1. The van der Waals surface area contributed by atoms with Crippen LogP contribution in [0.2, 0.25) is 0 Å². The summed E-state index contributed by atoms with van der Waals surface area (Å²) >= 11 is 1.16. The molecule has 6 nitrogen and oxygen atoms in total. The Kier molecular flexibility index (Phi) is 5.44. The summed E-state index contributed by atoms with van der Waals surface area (Å²) < 4.78 is 27.8. The van der Waals surface area contributed by atoms with Crippen molar-refractivity contribution in [2.45, 2.75) is 6.54 Å². The van der Waals surface area contributed by atoms with Crippen LogP contribution in [0.15, 0.2) is 71.1 Å². The molecule has 0 atom stereocenters. The van der Waals surface area contributed by atoms with E-state index in [9.17, 15) is 18.4 Å². The molecule has 0 aliphatic carbocycles. The molecule has 3 heterocycles. The molecule has 9 heteroatoms. The summed E-state index contributed by atoms with van der Waals surface area (Å²) in [4.78, 5) is 33.1. The molecular formula is C21H14F2N4O2S. The SMILES string of the molecule is O=C(Nc1nc(-c2cc(F)ccn2)cs1)c1ccn(Cc2ccc(F)cc2)c(=O)c1. The molecule has 1 N–H and O–H groups in total. The van der Waals surface area contributed by atoms with E-state index < -0.39 is 11.7 Å². The second-order valence-electron chi connectivity index (χ2n) is 6.36. The van der Waals surface area contributed by atoms with Crippen LogP contribution < -0.4 is 10.9 Å². The summed E-state index contributed by atoms with van der Waals surface area (Å²) in [5, 5.41) is 4.58. The predicted octanol–water partition coefficient (Wildman–Crippen LogP) is 3.95. The molecule has 0 spiro atoms. The van der Waals surface area contributed by atoms with Gasteiger partial charge in [-0.15, -0.1) is 11.3 Å². The fourth-order valence-electron chi connectivity index (χ4n) is 2.73. The van der Waals surface area contributed by atoms with Crippen LogP contribution in [0.5, 0.6) is 0 Å². The average Bonchev–Trinajstić information content (AvgIpc) is 3.19. The molecule has 150 valence electrons. The topological polar surface area (TPSA) is 76.9 Å². The van der Waals surface area contributed by atoms with Gasteiger partial charge in [0.1, 0.15) is 17.3 Å². The molecule has 0 aliphatic heterocycles. The molecule has 0 bridgehead atoms. The van der Waals surface area contributed by atoms with E-state index >= 15 is 0 Å². The molecule has 1 aromatic carbocycles. The van der Waals surface area contributed by atoms with Crippen molar-refractivity contribution < 1.29 is 13.6 Å². The first-order chi connectivity index (χ1) is 14.5. The predicted molar refractivity (Wildman–Crippen MR) is 109 cm³/mol. The number of rotatable bonds is 5. The lowest BCUT2D eigenvalue weighted by Gasteiger charge is -2.07. The Balaban J connectivity index is 1.47. The third-order valence-corrected chi connectivity index (χ3v) is 4.99. The number of hydrogen-bond acceptors (Lipinski definition) is 5.